The summed E-state index contributed by atoms with van der Waals surface area (Å²) in [5.74, 6) is 4.31. The summed E-state index contributed by atoms with van der Waals surface area (Å²) in [6.07, 6.45) is 23.4. The molecule has 4 aromatic heterocycles. The van der Waals surface area contributed by atoms with Crippen molar-refractivity contribution >= 4 is 76.5 Å². The van der Waals surface area contributed by atoms with Gasteiger partial charge in [-0.2, -0.15) is 0 Å². The smallest absolute Gasteiger partial charge is 0.330 e. The second-order valence-electron chi connectivity index (χ2n) is 28.9. The van der Waals surface area contributed by atoms with Crippen molar-refractivity contribution in [2.24, 2.45) is 21.8 Å². The van der Waals surface area contributed by atoms with E-state index in [0.717, 1.165) is 52.5 Å². The van der Waals surface area contributed by atoms with Crippen LogP contribution in [0.1, 0.15) is 75.0 Å². The van der Waals surface area contributed by atoms with Gasteiger partial charge in [0.1, 0.15) is 101 Å². The number of amidine groups is 1. The molecule has 1 saturated carbocycles. The van der Waals surface area contributed by atoms with Crippen LogP contribution in [0.25, 0.3) is 44.6 Å². The van der Waals surface area contributed by atoms with Crippen LogP contribution in [0.15, 0.2) is 203 Å². The number of aromatic amines is 2. The van der Waals surface area contributed by atoms with Gasteiger partial charge in [0.15, 0.2) is 35.4 Å². The van der Waals surface area contributed by atoms with Crippen molar-refractivity contribution in [3.63, 3.8) is 0 Å². The number of benzene rings is 3. The lowest BCUT2D eigenvalue weighted by Gasteiger charge is -2.32. The number of rotatable bonds is 23. The van der Waals surface area contributed by atoms with Gasteiger partial charge < -0.3 is 92.9 Å². The third-order valence-electron chi connectivity index (χ3n) is 19.7. The molecule has 11 heterocycles. The Morgan fingerprint density at radius 2 is 1.46 bits per heavy atom. The molecule has 6 aromatic rings. The summed E-state index contributed by atoms with van der Waals surface area (Å²) < 4.78 is 64.0. The Hall–Kier alpha value is -12.8. The summed E-state index contributed by atoms with van der Waals surface area (Å²) in [4.78, 5) is 132. The number of esters is 1. The van der Waals surface area contributed by atoms with E-state index in [1.807, 2.05) is 42.6 Å². The molecule has 0 bridgehead atoms. The molecule has 650 valence electrons. The number of hydrogen-bond acceptors (Lipinski definition) is 31. The zero-order chi connectivity index (χ0) is 88.1. The Bertz CT molecular complexity index is 5720. The maximum atomic E-state index is 11.8. The maximum absolute atomic E-state index is 11.8. The zero-order valence-corrected chi connectivity index (χ0v) is 69.9. The maximum Gasteiger partial charge on any atom is 0.330 e. The Morgan fingerprint density at radius 1 is 0.764 bits per heavy atom. The molecule has 38 nitrogen and oxygen atoms in total. The number of aromatic nitrogens is 8. The number of methoxy groups -OCH3 is 4. The van der Waals surface area contributed by atoms with Gasteiger partial charge in [-0.1, -0.05) is 55.7 Å². The van der Waals surface area contributed by atoms with Crippen molar-refractivity contribution in [1.29, 1.82) is 0 Å². The van der Waals surface area contributed by atoms with Crippen LogP contribution < -0.4 is 54.3 Å². The number of phenolic OH excluding ortho intramolecular Hbond substituents is 1. The molecular formula is C84H98N17O21S+. The first kappa shape index (κ1) is 90.9. The summed E-state index contributed by atoms with van der Waals surface area (Å²) >= 11 is 1.73. The molecule has 10 aliphatic rings. The highest BCUT2D eigenvalue weighted by Gasteiger charge is 2.40. The Kier molecular flexibility index (Phi) is 31.5. The number of aryl methyl sites for hydroxylation is 3. The number of hydrogen-bond donors (Lipinski definition) is 7. The van der Waals surface area contributed by atoms with Gasteiger partial charge in [-0.3, -0.25) is 52.7 Å². The van der Waals surface area contributed by atoms with E-state index in [1.165, 1.54) is 59.5 Å². The Morgan fingerprint density at radius 3 is 2.16 bits per heavy atom. The number of para-hydroxylation sites is 1. The highest BCUT2D eigenvalue weighted by molar-refractivity contribution is 8.00. The minimum Gasteiger partial charge on any atom is -0.508 e. The Labute approximate surface area is 708 Å². The fourth-order valence-electron chi connectivity index (χ4n) is 13.6. The van der Waals surface area contributed by atoms with Crippen molar-refractivity contribution in [2.45, 2.75) is 127 Å². The lowest BCUT2D eigenvalue weighted by Crippen LogP contribution is -2.42. The number of carbonyl (C=O) groups excluding carboxylic acids is 4. The predicted molar refractivity (Wildman–Crippen MR) is 454 cm³/mol. The van der Waals surface area contributed by atoms with Gasteiger partial charge in [0.2, 0.25) is 5.91 Å². The highest BCUT2D eigenvalue weighted by atomic mass is 32.2. The van der Waals surface area contributed by atoms with Gasteiger partial charge in [0.05, 0.1) is 43.9 Å². The summed E-state index contributed by atoms with van der Waals surface area (Å²) in [6.45, 7) is 21.5. The zero-order valence-electron chi connectivity index (χ0n) is 69.1. The highest BCUT2D eigenvalue weighted by Crippen LogP contribution is 2.44. The number of ether oxygens (including phenoxy) is 10. The number of anilines is 1. The number of thioether (sulfide) groups is 1. The number of nitrogens with zero attached hydrogens (tertiary/aromatic N) is 11. The average molecular weight is 1710 g/mol. The minimum atomic E-state index is -0.536. The van der Waals surface area contributed by atoms with Crippen LogP contribution in [0, 0.1) is 26.7 Å². The summed E-state index contributed by atoms with van der Waals surface area (Å²) in [6, 6.07) is 17.0. The van der Waals surface area contributed by atoms with E-state index in [-0.39, 0.29) is 71.6 Å². The third kappa shape index (κ3) is 23.9. The molecule has 3 aliphatic carbocycles. The number of fused-ring (bicyclic) bond motifs is 3. The van der Waals surface area contributed by atoms with Gasteiger partial charge in [-0.25, -0.2) is 29.5 Å². The lowest BCUT2D eigenvalue weighted by molar-refractivity contribution is -0.148. The molecule has 2 amide bonds. The summed E-state index contributed by atoms with van der Waals surface area (Å²) in [7, 11) is 6.56. The van der Waals surface area contributed by atoms with Crippen LogP contribution in [0.4, 0.5) is 5.82 Å². The van der Waals surface area contributed by atoms with E-state index in [1.54, 1.807) is 127 Å². The molecule has 39 heteroatoms. The van der Waals surface area contributed by atoms with Crippen LogP contribution in [0.2, 0.25) is 0 Å². The van der Waals surface area contributed by atoms with Crippen molar-refractivity contribution < 1.29 is 80.9 Å². The second-order valence-corrected chi connectivity index (χ2v) is 30.1. The average Bonchev–Trinajstić information content (AvgIpc) is 1.74. The van der Waals surface area contributed by atoms with Crippen molar-refractivity contribution in [2.75, 3.05) is 79.1 Å². The number of imidazole rings is 1. The normalized spacial score (nSPS) is 22.1. The number of allylic oxidation sites excluding steroid dienone is 1. The summed E-state index contributed by atoms with van der Waals surface area (Å²) in [5, 5.41) is 22.9. The van der Waals surface area contributed by atoms with Crippen LogP contribution in [0.5, 0.6) is 11.5 Å². The van der Waals surface area contributed by atoms with E-state index in [9.17, 15) is 48.3 Å². The molecule has 11 atom stereocenters. The molecule has 0 unspecified atom stereocenters. The van der Waals surface area contributed by atoms with Gasteiger partial charge in [0.25, 0.3) is 30.2 Å². The van der Waals surface area contributed by atoms with Crippen LogP contribution in [-0.4, -0.2) is 217 Å². The molecule has 0 radical (unpaired) electrons. The van der Waals surface area contributed by atoms with Crippen LogP contribution in [0.3, 0.4) is 0 Å². The number of nitrogens with two attached hydrogens (primary N) is 1. The van der Waals surface area contributed by atoms with Gasteiger partial charge >= 0.3 is 17.3 Å². The standard InChI is InChI=1S/C20H12O5.C16H21N5O.C15H19N3O5.C12H16N4O4.C11H14N2O4.C10H15N3O2S/c21-11-24-17-4-2-1-3-14(17)20-15-7-5-12(22)9-18(15)25-19-10-13(23)6-8-16(19)20;1-10-18-15(20-12-4-5-12)14-16(19-10)21(9-17-14)13-6-3-11(7-13)8-22-2;1-9-7-18(10(2)17-15(9)21)13-5-4-12(23-13)8-22-14(20)6-16-11(3)19;1-7-5-16(12(18)14-11(7)17)10-4-8(15-13-2)9(20-10)6-19-3;1-7-5-13(11(15)12-10(7)14)9-4-3-8(17-9)6-16-2;1-7-12-8(11)3-4-13(7)9-6-16-10(15-9)5-14-2/h1-11,22H;3,6,9,11-13H,4-5,7-8H2,1-2H3,(H,18,19,20);4-5,7,12-13H,2,6,8H2,1,3H3,(H,16,19)(H,17,21);5,8-10H,2,4,6H2,1,3H3;3-5,8-9H,6H2,1-2H3,(H,12,14,15);3-4,9-10H,1,5-6H2,2H3,(H2,11,12)/p+1/t;11-,13+;12-,13+;8-,9+,10+;8-,9+;9-,10+/m.10000/s1. The topological polar surface area (TPSA) is 472 Å². The van der Waals surface area contributed by atoms with E-state index >= 15 is 0 Å². The van der Waals surface area contributed by atoms with E-state index in [4.69, 9.17) is 57.5 Å². The molecule has 8 N–H and O–H groups in total. The lowest BCUT2D eigenvalue weighted by atomic mass is 9.93. The number of aliphatic imine (C=N–C) groups is 1. The molecular weight excluding hydrogens is 1620 g/mol. The van der Waals surface area contributed by atoms with Gasteiger partial charge in [0, 0.05) is 140 Å². The third-order valence-corrected chi connectivity index (χ3v) is 20.8. The predicted octanol–water partition coefficient (Wildman–Crippen LogP) is 6.19. The molecule has 2 saturated heterocycles. The van der Waals surface area contributed by atoms with E-state index < -0.39 is 47.7 Å². The van der Waals surface area contributed by atoms with E-state index in [0.29, 0.717) is 113 Å². The molecule has 7 aliphatic heterocycles. The van der Waals surface area contributed by atoms with Crippen molar-refractivity contribution in [1.82, 2.24) is 59.1 Å². The first-order chi connectivity index (χ1) is 59.2. The van der Waals surface area contributed by atoms with Crippen LogP contribution >= 0.6 is 11.8 Å². The number of aromatic hydroxyl groups is 1. The van der Waals surface area contributed by atoms with E-state index in [2.05, 4.69) is 92.4 Å². The first-order valence-electron chi connectivity index (χ1n) is 38.9. The fraction of sp³-hybridized carbons (Fsp3) is 0.381. The van der Waals surface area contributed by atoms with Gasteiger partial charge in [-0.05, 0) is 95.5 Å². The SMILES string of the molecule is C=C1N=C(N)C=CN1[C@@H]1CS[C@H](COC)O1.C=C1NC(=O)C(C)=CN1[C@H]1C=C[C@@H](COC(=O)CNC(C)=O)O1.C=[N+]=N[C@H]1C[C@H](n2cc(C)c(=O)[nH]c2=O)O[C@@H]1COC.COC[C@@H]1C=C[C@H](n2cc(C)c(=O)[nH]c2=O)O1.COC[C@@H]1C=C[C@H](n2cnc3c(NC4CC4)nc(C)nc32)C1.O=COc1ccccc1-c1c2ccc(=O)cc-2oc2cc(O)ccc12. The summed E-state index contributed by atoms with van der Waals surface area (Å²) in [5.41, 5.74) is 9.54. The Balaban J connectivity index is 0.000000145. The molecule has 0 spiro atoms. The van der Waals surface area contributed by atoms with Crippen molar-refractivity contribution in [3.8, 4) is 33.9 Å². The number of nitrogens with one attached hydrogen (secondary N) is 5. The second kappa shape index (κ2) is 42.6. The molecule has 2 aromatic carbocycles. The quantitative estimate of drug-likeness (QED) is 0.00713. The number of phenols is 1. The largest absolute Gasteiger partial charge is 0.508 e. The number of carbonyl (C=O) groups is 4. The van der Waals surface area contributed by atoms with Crippen molar-refractivity contribution in [3.05, 3.63) is 234 Å². The molecule has 123 heavy (non-hydrogen) atoms. The molecule has 16 rings (SSSR count). The first-order valence-corrected chi connectivity index (χ1v) is 40.0. The minimum absolute atomic E-state index is 0.0363. The fourth-order valence-corrected chi connectivity index (χ4v) is 14.6. The molecule has 3 fully saturated rings. The number of amides is 2. The monoisotopic (exact) mass is 1710 g/mol. The van der Waals surface area contributed by atoms with Crippen LogP contribution in [-0.2, 0) is 61.8 Å². The number of H-pyrrole nitrogens is 2. The van der Waals surface area contributed by atoms with Gasteiger partial charge in [-0.15, -0.1) is 11.8 Å².